The summed E-state index contributed by atoms with van der Waals surface area (Å²) in [5.41, 5.74) is -4.29. The Hall–Kier alpha value is -2.67. The van der Waals surface area contributed by atoms with E-state index in [4.69, 9.17) is 23.7 Å². The number of rotatable bonds is 7. The second-order valence-electron chi connectivity index (χ2n) is 14.8. The van der Waals surface area contributed by atoms with Crippen molar-refractivity contribution in [3.8, 4) is 0 Å². The maximum absolute atomic E-state index is 15.6. The van der Waals surface area contributed by atoms with Gasteiger partial charge < -0.3 is 33.9 Å². The Labute approximate surface area is 276 Å². The summed E-state index contributed by atoms with van der Waals surface area (Å²) in [6.07, 6.45) is -3.34. The van der Waals surface area contributed by atoms with E-state index in [1.54, 1.807) is 30.3 Å². The number of morpholine rings is 1. The summed E-state index contributed by atoms with van der Waals surface area (Å²) in [5.74, 6) is -3.21. The van der Waals surface area contributed by atoms with Gasteiger partial charge in [-0.3, -0.25) is 14.5 Å². The number of esters is 2. The van der Waals surface area contributed by atoms with E-state index in [1.165, 1.54) is 14.0 Å². The molecule has 0 radical (unpaired) electrons. The number of carbonyl (C=O) groups excluding carboxylic acids is 3. The molecule has 3 aliphatic carbocycles. The third kappa shape index (κ3) is 5.20. The van der Waals surface area contributed by atoms with Crippen LogP contribution in [-0.4, -0.2) is 115 Å². The van der Waals surface area contributed by atoms with Gasteiger partial charge in [-0.15, -0.1) is 0 Å². The Morgan fingerprint density at radius 1 is 1.11 bits per heavy atom. The average Bonchev–Trinajstić information content (AvgIpc) is 3.03. The molecule has 2 bridgehead atoms. The Bertz CT molecular complexity index is 1420. The molecule has 0 aromatic heterocycles. The van der Waals surface area contributed by atoms with E-state index >= 15 is 4.79 Å². The summed E-state index contributed by atoms with van der Waals surface area (Å²) in [7, 11) is 1.54. The molecule has 0 unspecified atom stereocenters. The Morgan fingerprint density at radius 3 is 2.38 bits per heavy atom. The fraction of sp³-hybridized carbons (Fsp3) is 0.694. The molecule has 1 aromatic carbocycles. The van der Waals surface area contributed by atoms with Crippen molar-refractivity contribution in [3.63, 3.8) is 0 Å². The molecule has 6 rings (SSSR count). The smallest absolute Gasteiger partial charge is 0.338 e. The lowest BCUT2D eigenvalue weighted by molar-refractivity contribution is -0.347. The predicted octanol–water partition coefficient (Wildman–Crippen LogP) is 2.71. The SMILES string of the molecule is CO[C@H]1C[C@H]2OC[C@@]2(OC(C)=O)[C@H]2[C@H](OC(=O)c3ccccc3)[C@]3(O)C[C@H](O)C(C)=C([C@@H](CCN4CCOCC4)C(=O)[C@]12C)C3(C)C. The Balaban J connectivity index is 1.59. The van der Waals surface area contributed by atoms with Gasteiger partial charge in [-0.05, 0) is 50.1 Å². The second kappa shape index (κ2) is 12.3. The number of nitrogens with zero attached hydrogens (tertiary/aromatic N) is 1. The molecule has 2 saturated carbocycles. The number of fused-ring (bicyclic) bond motifs is 5. The minimum Gasteiger partial charge on any atom is -0.455 e. The molecule has 0 spiro atoms. The quantitative estimate of drug-likeness (QED) is 0.331. The van der Waals surface area contributed by atoms with E-state index in [2.05, 4.69) is 4.90 Å². The second-order valence-corrected chi connectivity index (χ2v) is 14.8. The van der Waals surface area contributed by atoms with Crippen molar-refractivity contribution in [3.05, 3.63) is 47.0 Å². The highest BCUT2D eigenvalue weighted by Crippen LogP contribution is 2.65. The molecular weight excluding hydrogens is 606 g/mol. The predicted molar refractivity (Wildman–Crippen MR) is 169 cm³/mol. The molecule has 11 nitrogen and oxygen atoms in total. The number of hydrogen-bond donors (Lipinski definition) is 2. The number of aliphatic hydroxyl groups excluding tert-OH is 1. The van der Waals surface area contributed by atoms with Crippen LogP contribution < -0.4 is 0 Å². The van der Waals surface area contributed by atoms with Gasteiger partial charge in [-0.2, -0.15) is 0 Å². The van der Waals surface area contributed by atoms with E-state index < -0.39 is 70.2 Å². The average molecular weight is 656 g/mol. The Kier molecular flexibility index (Phi) is 8.98. The Morgan fingerprint density at radius 2 is 1.79 bits per heavy atom. The van der Waals surface area contributed by atoms with E-state index in [1.807, 2.05) is 27.7 Å². The van der Waals surface area contributed by atoms with Crippen molar-refractivity contribution in [2.45, 2.75) is 89.5 Å². The van der Waals surface area contributed by atoms with Crippen molar-refractivity contribution in [1.82, 2.24) is 4.90 Å². The van der Waals surface area contributed by atoms with Crippen molar-refractivity contribution < 1.29 is 48.3 Å². The molecule has 258 valence electrons. The highest BCUT2D eigenvalue weighted by molar-refractivity contribution is 5.92. The maximum atomic E-state index is 15.6. The molecule has 2 saturated heterocycles. The summed E-state index contributed by atoms with van der Waals surface area (Å²) in [4.78, 5) is 44.7. The number of methoxy groups -OCH3 is 1. The molecule has 4 fully saturated rings. The zero-order chi connectivity index (χ0) is 33.9. The van der Waals surface area contributed by atoms with Crippen LogP contribution in [0.2, 0.25) is 0 Å². The summed E-state index contributed by atoms with van der Waals surface area (Å²) in [6, 6.07) is 8.45. The monoisotopic (exact) mass is 655 g/mol. The van der Waals surface area contributed by atoms with Gasteiger partial charge in [0.2, 0.25) is 0 Å². The molecule has 2 N–H and O–H groups in total. The molecule has 9 atom stereocenters. The number of benzene rings is 1. The maximum Gasteiger partial charge on any atom is 0.338 e. The molecule has 5 aliphatic rings. The minimum atomic E-state index is -1.89. The zero-order valence-corrected chi connectivity index (χ0v) is 28.3. The largest absolute Gasteiger partial charge is 0.455 e. The molecule has 1 aromatic rings. The third-order valence-electron chi connectivity index (χ3n) is 12.2. The number of Topliss-reactive ketones (excluding diaryl/α,β-unsaturated/α-hetero) is 1. The van der Waals surface area contributed by atoms with Crippen LogP contribution in [0.3, 0.4) is 0 Å². The van der Waals surface area contributed by atoms with Gasteiger partial charge in [-0.25, -0.2) is 4.79 Å². The van der Waals surface area contributed by atoms with Crippen LogP contribution in [0.15, 0.2) is 41.5 Å². The van der Waals surface area contributed by atoms with Crippen LogP contribution in [0.25, 0.3) is 0 Å². The van der Waals surface area contributed by atoms with Gasteiger partial charge >= 0.3 is 11.9 Å². The van der Waals surface area contributed by atoms with Crippen molar-refractivity contribution in [2.75, 3.05) is 46.6 Å². The third-order valence-corrected chi connectivity index (χ3v) is 12.2. The highest BCUT2D eigenvalue weighted by Gasteiger charge is 2.78. The van der Waals surface area contributed by atoms with Crippen LogP contribution in [0.4, 0.5) is 0 Å². The van der Waals surface area contributed by atoms with Crippen molar-refractivity contribution in [2.24, 2.45) is 22.7 Å². The van der Waals surface area contributed by atoms with Gasteiger partial charge in [0.1, 0.15) is 23.6 Å². The standard InChI is InChI=1S/C36H49NO10/c1-21-25(39)19-36(42)31(46-32(41)23-10-8-7-9-11-23)29-34(5,26(43-6)18-27-35(29,20-45-27)47-22(2)38)30(40)24(28(21)33(36,3)4)12-13-37-14-16-44-17-15-37/h7-11,24-27,29,31,39,42H,12-20H2,1-6H3/t24-,25+,26+,27-,29+,31+,34-,35+,36-/m1/s1. The van der Waals surface area contributed by atoms with Crippen LogP contribution in [0, 0.1) is 22.7 Å². The fourth-order valence-electron chi connectivity index (χ4n) is 9.63. The normalized spacial score (nSPS) is 39.9. The first-order chi connectivity index (χ1) is 22.2. The van der Waals surface area contributed by atoms with Gasteiger partial charge in [-0.1, -0.05) is 32.0 Å². The van der Waals surface area contributed by atoms with Crippen molar-refractivity contribution in [1.29, 1.82) is 0 Å². The highest BCUT2D eigenvalue weighted by atomic mass is 16.6. The minimum absolute atomic E-state index is 0.0418. The summed E-state index contributed by atoms with van der Waals surface area (Å²) in [6.45, 7) is 11.9. The number of ketones is 1. The molecule has 0 amide bonds. The molecule has 2 aliphatic heterocycles. The number of ether oxygens (including phenoxy) is 5. The lowest BCUT2D eigenvalue weighted by Crippen LogP contribution is -2.81. The van der Waals surface area contributed by atoms with Crippen LogP contribution >= 0.6 is 0 Å². The topological polar surface area (TPSA) is 141 Å². The fourth-order valence-corrected chi connectivity index (χ4v) is 9.63. The van der Waals surface area contributed by atoms with Crippen molar-refractivity contribution >= 4 is 17.7 Å². The van der Waals surface area contributed by atoms with Gasteiger partial charge in [0.05, 0.1) is 48.9 Å². The zero-order valence-electron chi connectivity index (χ0n) is 28.3. The lowest BCUT2D eigenvalue weighted by Gasteiger charge is -2.68. The van der Waals surface area contributed by atoms with Gasteiger partial charge in [0, 0.05) is 51.3 Å². The van der Waals surface area contributed by atoms with E-state index in [9.17, 15) is 19.8 Å². The number of aliphatic hydroxyl groups is 2. The van der Waals surface area contributed by atoms with E-state index in [0.717, 1.165) is 13.1 Å². The van der Waals surface area contributed by atoms with Gasteiger partial charge in [0.15, 0.2) is 5.60 Å². The van der Waals surface area contributed by atoms with Gasteiger partial charge in [0.25, 0.3) is 0 Å². The first kappa shape index (κ1) is 34.2. The molecule has 47 heavy (non-hydrogen) atoms. The first-order valence-corrected chi connectivity index (χ1v) is 16.8. The molecule has 2 heterocycles. The lowest BCUT2D eigenvalue weighted by atomic mass is 9.43. The van der Waals surface area contributed by atoms with E-state index in [-0.39, 0.29) is 30.8 Å². The van der Waals surface area contributed by atoms with Crippen LogP contribution in [0.5, 0.6) is 0 Å². The number of hydrogen-bond acceptors (Lipinski definition) is 11. The molecule has 11 heteroatoms. The van der Waals surface area contributed by atoms with Crippen LogP contribution in [0.1, 0.15) is 64.2 Å². The van der Waals surface area contributed by atoms with E-state index in [0.29, 0.717) is 37.3 Å². The number of carbonyl (C=O) groups is 3. The first-order valence-electron chi connectivity index (χ1n) is 16.8. The van der Waals surface area contributed by atoms with Crippen LogP contribution in [-0.2, 0) is 33.3 Å². The summed E-state index contributed by atoms with van der Waals surface area (Å²) in [5, 5.41) is 24.9. The summed E-state index contributed by atoms with van der Waals surface area (Å²) < 4.78 is 30.3. The molecular formula is C36H49NO10. The summed E-state index contributed by atoms with van der Waals surface area (Å²) >= 11 is 0.